The average Bonchev–Trinajstić information content (AvgIpc) is 3.18. The van der Waals surface area contributed by atoms with Gasteiger partial charge in [-0.15, -0.1) is 0 Å². The van der Waals surface area contributed by atoms with Gasteiger partial charge in [0.15, 0.2) is 0 Å². The van der Waals surface area contributed by atoms with Crippen molar-refractivity contribution < 1.29 is 19.1 Å². The van der Waals surface area contributed by atoms with Crippen molar-refractivity contribution in [2.75, 3.05) is 42.3 Å². The Balaban J connectivity index is 1.21. The molecule has 170 valence electrons. The lowest BCUT2D eigenvalue weighted by atomic mass is 10.0. The lowest BCUT2D eigenvalue weighted by Gasteiger charge is -2.12. The standard InChI is InChI=1S/C25H26N4O4/c1-17(30)28-20-5-7-21(8-6-20)33-14-13-32-12-11-27-25-22(3-2-10-26-25)18-4-9-23-19(15-18)16-24(31)29-23/h2-10,15H,11-14,16H2,1H3,(H,26,27)(H,28,30)(H,29,31). The summed E-state index contributed by atoms with van der Waals surface area (Å²) < 4.78 is 11.3. The van der Waals surface area contributed by atoms with Crippen molar-refractivity contribution in [3.8, 4) is 16.9 Å². The van der Waals surface area contributed by atoms with Gasteiger partial charge in [-0.3, -0.25) is 9.59 Å². The average molecular weight is 447 g/mol. The summed E-state index contributed by atoms with van der Waals surface area (Å²) in [5.74, 6) is 1.41. The predicted molar refractivity (Wildman–Crippen MR) is 128 cm³/mol. The van der Waals surface area contributed by atoms with Crippen LogP contribution in [0.5, 0.6) is 5.75 Å². The van der Waals surface area contributed by atoms with Gasteiger partial charge in [-0.25, -0.2) is 4.98 Å². The molecule has 2 aromatic carbocycles. The smallest absolute Gasteiger partial charge is 0.228 e. The van der Waals surface area contributed by atoms with Crippen LogP contribution in [-0.4, -0.2) is 43.2 Å². The number of fused-ring (bicyclic) bond motifs is 1. The molecular weight excluding hydrogens is 420 g/mol. The van der Waals surface area contributed by atoms with E-state index in [0.717, 1.165) is 39.6 Å². The van der Waals surface area contributed by atoms with Crippen LogP contribution in [0.1, 0.15) is 12.5 Å². The number of rotatable bonds is 10. The monoisotopic (exact) mass is 446 g/mol. The topological polar surface area (TPSA) is 102 Å². The number of carbonyl (C=O) groups excluding carboxylic acids is 2. The van der Waals surface area contributed by atoms with Crippen LogP contribution < -0.4 is 20.7 Å². The van der Waals surface area contributed by atoms with Gasteiger partial charge in [0.25, 0.3) is 0 Å². The maximum atomic E-state index is 11.6. The van der Waals surface area contributed by atoms with Crippen molar-refractivity contribution in [2.45, 2.75) is 13.3 Å². The summed E-state index contributed by atoms with van der Waals surface area (Å²) in [4.78, 5) is 27.1. The lowest BCUT2D eigenvalue weighted by molar-refractivity contribution is -0.115. The van der Waals surface area contributed by atoms with Crippen LogP contribution in [0.25, 0.3) is 11.1 Å². The van der Waals surface area contributed by atoms with E-state index in [9.17, 15) is 9.59 Å². The van der Waals surface area contributed by atoms with E-state index >= 15 is 0 Å². The quantitative estimate of drug-likeness (QED) is 0.411. The zero-order chi connectivity index (χ0) is 23.0. The van der Waals surface area contributed by atoms with Gasteiger partial charge < -0.3 is 25.4 Å². The number of ether oxygens (including phenoxy) is 2. The number of nitrogens with one attached hydrogen (secondary N) is 3. The van der Waals surface area contributed by atoms with Crippen LogP contribution in [0.15, 0.2) is 60.8 Å². The van der Waals surface area contributed by atoms with Crippen LogP contribution in [0.2, 0.25) is 0 Å². The molecule has 0 fully saturated rings. The second kappa shape index (κ2) is 10.6. The Morgan fingerprint density at radius 3 is 2.76 bits per heavy atom. The first-order chi connectivity index (χ1) is 16.1. The summed E-state index contributed by atoms with van der Waals surface area (Å²) in [5.41, 5.74) is 4.60. The Bertz CT molecular complexity index is 1130. The van der Waals surface area contributed by atoms with Gasteiger partial charge in [0.05, 0.1) is 19.6 Å². The molecule has 0 aliphatic carbocycles. The zero-order valence-corrected chi connectivity index (χ0v) is 18.4. The van der Waals surface area contributed by atoms with Gasteiger partial charge in [0.2, 0.25) is 11.8 Å². The number of hydrogen-bond acceptors (Lipinski definition) is 6. The van der Waals surface area contributed by atoms with Crippen molar-refractivity contribution in [2.24, 2.45) is 0 Å². The highest BCUT2D eigenvalue weighted by molar-refractivity contribution is 6.00. The van der Waals surface area contributed by atoms with E-state index in [0.29, 0.717) is 32.8 Å². The second-order valence-corrected chi connectivity index (χ2v) is 7.59. The molecule has 2 amide bonds. The second-order valence-electron chi connectivity index (χ2n) is 7.59. The Hall–Kier alpha value is -3.91. The van der Waals surface area contributed by atoms with E-state index in [2.05, 4.69) is 20.9 Å². The van der Waals surface area contributed by atoms with Crippen LogP contribution in [-0.2, 0) is 20.7 Å². The molecule has 3 aromatic rings. The molecule has 0 unspecified atom stereocenters. The van der Waals surface area contributed by atoms with Gasteiger partial charge in [-0.05, 0) is 59.7 Å². The van der Waals surface area contributed by atoms with Gasteiger partial charge >= 0.3 is 0 Å². The molecule has 0 radical (unpaired) electrons. The van der Waals surface area contributed by atoms with Crippen LogP contribution in [0, 0.1) is 0 Å². The van der Waals surface area contributed by atoms with E-state index < -0.39 is 0 Å². The molecule has 2 heterocycles. The van der Waals surface area contributed by atoms with Gasteiger partial charge in [-0.1, -0.05) is 6.07 Å². The molecule has 3 N–H and O–H groups in total. The maximum Gasteiger partial charge on any atom is 0.228 e. The lowest BCUT2D eigenvalue weighted by Crippen LogP contribution is -2.14. The summed E-state index contributed by atoms with van der Waals surface area (Å²) in [6, 6.07) is 17.1. The first-order valence-corrected chi connectivity index (χ1v) is 10.8. The van der Waals surface area contributed by atoms with Crippen molar-refractivity contribution in [1.82, 2.24) is 4.98 Å². The summed E-state index contributed by atoms with van der Waals surface area (Å²) >= 11 is 0. The van der Waals surface area contributed by atoms with Crippen molar-refractivity contribution in [3.05, 3.63) is 66.4 Å². The fourth-order valence-corrected chi connectivity index (χ4v) is 3.58. The summed E-state index contributed by atoms with van der Waals surface area (Å²) in [6.45, 7) is 3.45. The molecule has 1 aliphatic heterocycles. The Morgan fingerprint density at radius 2 is 1.94 bits per heavy atom. The Labute approximate surface area is 192 Å². The van der Waals surface area contributed by atoms with E-state index in [1.54, 1.807) is 30.5 Å². The highest BCUT2D eigenvalue weighted by atomic mass is 16.5. The van der Waals surface area contributed by atoms with Gasteiger partial charge in [0.1, 0.15) is 18.2 Å². The minimum absolute atomic E-state index is 0.0230. The molecule has 0 saturated heterocycles. The molecule has 0 saturated carbocycles. The molecule has 0 bridgehead atoms. The summed E-state index contributed by atoms with van der Waals surface area (Å²) in [7, 11) is 0. The number of anilines is 3. The van der Waals surface area contributed by atoms with E-state index in [1.807, 2.05) is 30.3 Å². The maximum absolute atomic E-state index is 11.6. The number of pyridine rings is 1. The van der Waals surface area contributed by atoms with Crippen molar-refractivity contribution >= 4 is 29.0 Å². The van der Waals surface area contributed by atoms with Crippen molar-refractivity contribution in [1.29, 1.82) is 0 Å². The van der Waals surface area contributed by atoms with Gasteiger partial charge in [-0.2, -0.15) is 0 Å². The fourth-order valence-electron chi connectivity index (χ4n) is 3.58. The molecule has 33 heavy (non-hydrogen) atoms. The highest BCUT2D eigenvalue weighted by Crippen LogP contribution is 2.31. The molecule has 8 nitrogen and oxygen atoms in total. The van der Waals surface area contributed by atoms with Gasteiger partial charge in [0, 0.05) is 36.6 Å². The molecular formula is C25H26N4O4. The third-order valence-corrected chi connectivity index (χ3v) is 5.06. The number of amides is 2. The summed E-state index contributed by atoms with van der Waals surface area (Å²) in [6.07, 6.45) is 2.15. The van der Waals surface area contributed by atoms with E-state index in [-0.39, 0.29) is 11.8 Å². The van der Waals surface area contributed by atoms with E-state index in [4.69, 9.17) is 9.47 Å². The minimum Gasteiger partial charge on any atom is -0.491 e. The normalized spacial score (nSPS) is 12.1. The largest absolute Gasteiger partial charge is 0.491 e. The zero-order valence-electron chi connectivity index (χ0n) is 18.4. The number of carbonyl (C=O) groups is 2. The van der Waals surface area contributed by atoms with E-state index in [1.165, 1.54) is 6.92 Å². The number of aromatic nitrogens is 1. The highest BCUT2D eigenvalue weighted by Gasteiger charge is 2.18. The first-order valence-electron chi connectivity index (χ1n) is 10.8. The molecule has 8 heteroatoms. The predicted octanol–water partition coefficient (Wildman–Crippen LogP) is 3.71. The molecule has 0 spiro atoms. The summed E-state index contributed by atoms with van der Waals surface area (Å²) in [5, 5.41) is 8.90. The van der Waals surface area contributed by atoms with Crippen LogP contribution >= 0.6 is 0 Å². The third-order valence-electron chi connectivity index (χ3n) is 5.06. The minimum atomic E-state index is -0.107. The van der Waals surface area contributed by atoms with Crippen LogP contribution in [0.4, 0.5) is 17.2 Å². The van der Waals surface area contributed by atoms with Crippen LogP contribution in [0.3, 0.4) is 0 Å². The SMILES string of the molecule is CC(=O)Nc1ccc(OCCOCCNc2ncccc2-c2ccc3c(c2)CC(=O)N3)cc1. The fraction of sp³-hybridized carbons (Fsp3) is 0.240. The number of nitrogens with zero attached hydrogens (tertiary/aromatic N) is 1. The number of hydrogen-bond donors (Lipinski definition) is 3. The van der Waals surface area contributed by atoms with Crippen molar-refractivity contribution in [3.63, 3.8) is 0 Å². The third kappa shape index (κ3) is 6.08. The first kappa shape index (κ1) is 22.3. The molecule has 0 atom stereocenters. The number of benzene rings is 2. The Morgan fingerprint density at radius 1 is 1.09 bits per heavy atom. The molecule has 4 rings (SSSR count). The Kier molecular flexibility index (Phi) is 7.16. The molecule has 1 aromatic heterocycles. The molecule has 1 aliphatic rings.